The fourth-order valence-electron chi connectivity index (χ4n) is 1.83. The van der Waals surface area contributed by atoms with Gasteiger partial charge in [0, 0.05) is 5.56 Å². The summed E-state index contributed by atoms with van der Waals surface area (Å²) in [6, 6.07) is 10.2. The van der Waals surface area contributed by atoms with Gasteiger partial charge < -0.3 is 14.8 Å². The highest BCUT2D eigenvalue weighted by Crippen LogP contribution is 2.17. The lowest BCUT2D eigenvalue weighted by Crippen LogP contribution is -2.28. The second kappa shape index (κ2) is 8.60. The van der Waals surface area contributed by atoms with E-state index in [4.69, 9.17) is 32.7 Å². The summed E-state index contributed by atoms with van der Waals surface area (Å²) in [4.78, 5) is 15.7. The van der Waals surface area contributed by atoms with Crippen molar-refractivity contribution in [1.82, 2.24) is 10.3 Å². The molecule has 0 aliphatic rings. The predicted molar refractivity (Wildman–Crippen MR) is 89.7 cm³/mol. The molecule has 2 aromatic rings. The number of hydrogen-bond acceptors (Lipinski definition) is 4. The van der Waals surface area contributed by atoms with Crippen LogP contribution in [0.4, 0.5) is 0 Å². The van der Waals surface area contributed by atoms with Gasteiger partial charge >= 0.3 is 0 Å². The zero-order valence-electron chi connectivity index (χ0n) is 12.5. The molecule has 0 spiro atoms. The highest BCUT2D eigenvalue weighted by Gasteiger charge is 2.08. The summed E-state index contributed by atoms with van der Waals surface area (Å²) in [6.45, 7) is 3.24. The van der Waals surface area contributed by atoms with Crippen molar-refractivity contribution in [3.63, 3.8) is 0 Å². The molecule has 1 heterocycles. The van der Waals surface area contributed by atoms with Crippen molar-refractivity contribution >= 4 is 29.1 Å². The number of nitrogens with zero attached hydrogens (tertiary/aromatic N) is 1. The van der Waals surface area contributed by atoms with Gasteiger partial charge in [-0.3, -0.25) is 4.79 Å². The quantitative estimate of drug-likeness (QED) is 0.609. The maximum Gasteiger partial charge on any atom is 0.251 e. The van der Waals surface area contributed by atoms with Gasteiger partial charge in [-0.1, -0.05) is 23.2 Å². The number of nitrogens with one attached hydrogen (secondary N) is 1. The first kappa shape index (κ1) is 17.4. The third-order valence-corrected chi connectivity index (χ3v) is 3.20. The summed E-state index contributed by atoms with van der Waals surface area (Å²) in [7, 11) is 0. The van der Waals surface area contributed by atoms with E-state index in [0.717, 1.165) is 5.75 Å². The van der Waals surface area contributed by atoms with E-state index in [0.29, 0.717) is 31.1 Å². The number of carbonyl (C=O) groups excluding carboxylic acids is 1. The first-order valence-electron chi connectivity index (χ1n) is 7.05. The number of benzene rings is 1. The molecule has 1 N–H and O–H groups in total. The molecule has 0 saturated heterocycles. The molecule has 0 unspecified atom stereocenters. The Kier molecular flexibility index (Phi) is 6.50. The minimum Gasteiger partial charge on any atom is -0.494 e. The number of rotatable bonds is 7. The van der Waals surface area contributed by atoms with Crippen LogP contribution < -0.4 is 14.8 Å². The Hall–Kier alpha value is -1.98. The van der Waals surface area contributed by atoms with Gasteiger partial charge in [0.25, 0.3) is 5.91 Å². The molecule has 0 fully saturated rings. The van der Waals surface area contributed by atoms with Crippen molar-refractivity contribution in [3.8, 4) is 11.5 Å². The lowest BCUT2D eigenvalue weighted by atomic mass is 10.2. The topological polar surface area (TPSA) is 60.5 Å². The van der Waals surface area contributed by atoms with Gasteiger partial charge in [-0.15, -0.1) is 0 Å². The highest BCUT2D eigenvalue weighted by atomic mass is 35.5. The molecular weight excluding hydrogens is 339 g/mol. The Bertz CT molecular complexity index is 643. The SMILES string of the molecule is CCOc1ccc(OCCNC(=O)c2cc(Cl)nc(Cl)c2)cc1. The maximum atomic E-state index is 11.9. The summed E-state index contributed by atoms with van der Waals surface area (Å²) in [6.07, 6.45) is 0. The van der Waals surface area contributed by atoms with E-state index in [-0.39, 0.29) is 16.2 Å². The molecule has 7 heteroatoms. The number of aromatic nitrogens is 1. The average Bonchev–Trinajstić information content (AvgIpc) is 2.52. The molecular formula is C16H16Cl2N2O3. The van der Waals surface area contributed by atoms with E-state index in [1.807, 2.05) is 31.2 Å². The minimum atomic E-state index is -0.286. The second-order valence-corrected chi connectivity index (χ2v) is 5.28. The predicted octanol–water partition coefficient (Wildman–Crippen LogP) is 3.60. The Labute approximate surface area is 144 Å². The van der Waals surface area contributed by atoms with Gasteiger partial charge in [-0.2, -0.15) is 0 Å². The standard InChI is InChI=1S/C16H16Cl2N2O3/c1-2-22-12-3-5-13(6-4-12)23-8-7-19-16(21)11-9-14(17)20-15(18)10-11/h3-6,9-10H,2,7-8H2,1H3,(H,19,21). The van der Waals surface area contributed by atoms with Crippen molar-refractivity contribution in [2.24, 2.45) is 0 Å². The Morgan fingerprint density at radius 2 is 1.65 bits per heavy atom. The molecule has 0 aliphatic heterocycles. The molecule has 0 atom stereocenters. The molecule has 0 saturated carbocycles. The number of carbonyl (C=O) groups is 1. The molecule has 5 nitrogen and oxygen atoms in total. The van der Waals surface area contributed by atoms with Crippen LogP contribution in [0.5, 0.6) is 11.5 Å². The Morgan fingerprint density at radius 1 is 1.09 bits per heavy atom. The molecule has 1 aromatic heterocycles. The largest absolute Gasteiger partial charge is 0.494 e. The van der Waals surface area contributed by atoms with Gasteiger partial charge in [0.05, 0.1) is 13.2 Å². The number of pyridine rings is 1. The van der Waals surface area contributed by atoms with Crippen LogP contribution in [-0.2, 0) is 0 Å². The number of ether oxygens (including phenoxy) is 2. The van der Waals surface area contributed by atoms with Crippen molar-refractivity contribution in [2.45, 2.75) is 6.92 Å². The third-order valence-electron chi connectivity index (χ3n) is 2.82. The molecule has 122 valence electrons. The van der Waals surface area contributed by atoms with Crippen LogP contribution >= 0.6 is 23.2 Å². The smallest absolute Gasteiger partial charge is 0.251 e. The highest BCUT2D eigenvalue weighted by molar-refractivity contribution is 6.33. The number of hydrogen-bond donors (Lipinski definition) is 1. The molecule has 0 radical (unpaired) electrons. The first-order valence-corrected chi connectivity index (χ1v) is 7.81. The van der Waals surface area contributed by atoms with Gasteiger partial charge in [0.15, 0.2) is 0 Å². The Morgan fingerprint density at radius 3 is 2.22 bits per heavy atom. The number of amides is 1. The van der Waals surface area contributed by atoms with Crippen LogP contribution in [0.3, 0.4) is 0 Å². The van der Waals surface area contributed by atoms with Crippen molar-refractivity contribution in [3.05, 3.63) is 52.3 Å². The fourth-order valence-corrected chi connectivity index (χ4v) is 2.29. The van der Waals surface area contributed by atoms with E-state index in [1.54, 1.807) is 0 Å². The first-order chi connectivity index (χ1) is 11.1. The molecule has 0 bridgehead atoms. The van der Waals surface area contributed by atoms with Crippen LogP contribution in [0.1, 0.15) is 17.3 Å². The van der Waals surface area contributed by atoms with Gasteiger partial charge in [-0.05, 0) is 43.3 Å². The van der Waals surface area contributed by atoms with E-state index >= 15 is 0 Å². The van der Waals surface area contributed by atoms with Gasteiger partial charge in [0.2, 0.25) is 0 Å². The van der Waals surface area contributed by atoms with Gasteiger partial charge in [0.1, 0.15) is 28.4 Å². The van der Waals surface area contributed by atoms with Crippen LogP contribution in [-0.4, -0.2) is 30.6 Å². The molecule has 23 heavy (non-hydrogen) atoms. The van der Waals surface area contributed by atoms with Crippen LogP contribution in [0, 0.1) is 0 Å². The minimum absolute atomic E-state index is 0.174. The maximum absolute atomic E-state index is 11.9. The average molecular weight is 355 g/mol. The van der Waals surface area contributed by atoms with Crippen LogP contribution in [0.25, 0.3) is 0 Å². The molecule has 1 amide bonds. The van der Waals surface area contributed by atoms with Crippen LogP contribution in [0.15, 0.2) is 36.4 Å². The summed E-state index contributed by atoms with van der Waals surface area (Å²) in [5.41, 5.74) is 0.357. The van der Waals surface area contributed by atoms with E-state index < -0.39 is 0 Å². The summed E-state index contributed by atoms with van der Waals surface area (Å²) in [5.74, 6) is 1.21. The summed E-state index contributed by atoms with van der Waals surface area (Å²) >= 11 is 11.5. The van der Waals surface area contributed by atoms with Gasteiger partial charge in [-0.25, -0.2) is 4.98 Å². The van der Waals surface area contributed by atoms with E-state index in [2.05, 4.69) is 10.3 Å². The Balaban J connectivity index is 1.77. The molecule has 0 aliphatic carbocycles. The lowest BCUT2D eigenvalue weighted by molar-refractivity contribution is 0.0947. The van der Waals surface area contributed by atoms with Crippen molar-refractivity contribution in [1.29, 1.82) is 0 Å². The molecule has 1 aromatic carbocycles. The van der Waals surface area contributed by atoms with E-state index in [9.17, 15) is 4.79 Å². The third kappa shape index (κ3) is 5.62. The molecule has 2 rings (SSSR count). The van der Waals surface area contributed by atoms with E-state index in [1.165, 1.54) is 12.1 Å². The number of halogens is 2. The van der Waals surface area contributed by atoms with Crippen molar-refractivity contribution < 1.29 is 14.3 Å². The van der Waals surface area contributed by atoms with Crippen LogP contribution in [0.2, 0.25) is 10.3 Å². The lowest BCUT2D eigenvalue weighted by Gasteiger charge is -2.09. The monoisotopic (exact) mass is 354 g/mol. The zero-order valence-corrected chi connectivity index (χ0v) is 14.0. The zero-order chi connectivity index (χ0) is 16.7. The second-order valence-electron chi connectivity index (χ2n) is 4.51. The van der Waals surface area contributed by atoms with Crippen molar-refractivity contribution in [2.75, 3.05) is 19.8 Å². The fraction of sp³-hybridized carbons (Fsp3) is 0.250. The normalized spacial score (nSPS) is 10.2. The summed E-state index contributed by atoms with van der Waals surface area (Å²) in [5, 5.41) is 3.07. The summed E-state index contributed by atoms with van der Waals surface area (Å²) < 4.78 is 10.9.